The summed E-state index contributed by atoms with van der Waals surface area (Å²) in [5.74, 6) is -0.609. The van der Waals surface area contributed by atoms with Gasteiger partial charge in [-0.05, 0) is 34.4 Å². The maximum absolute atomic E-state index is 15.8. The number of hydrogen-bond donors (Lipinski definition) is 0. The van der Waals surface area contributed by atoms with Crippen LogP contribution in [0.15, 0.2) is 97.1 Å². The van der Waals surface area contributed by atoms with Crippen LogP contribution in [0, 0.1) is 0 Å². The van der Waals surface area contributed by atoms with E-state index in [4.69, 9.17) is 9.47 Å². The third-order valence-corrected chi connectivity index (χ3v) is 16.9. The first-order chi connectivity index (χ1) is 18.9. The van der Waals surface area contributed by atoms with Crippen molar-refractivity contribution in [1.82, 2.24) is 0 Å². The molecule has 1 unspecified atom stereocenters. The van der Waals surface area contributed by atoms with Gasteiger partial charge in [-0.25, -0.2) is 0 Å². The first-order valence-electron chi connectivity index (χ1n) is 13.8. The predicted molar refractivity (Wildman–Crippen MR) is 167 cm³/mol. The molecule has 0 aliphatic carbocycles. The summed E-state index contributed by atoms with van der Waals surface area (Å²) in [5, 5.41) is 0.109. The quantitative estimate of drug-likeness (QED) is 0.231. The Morgan fingerprint density at radius 2 is 0.850 bits per heavy atom. The summed E-state index contributed by atoms with van der Waals surface area (Å²) in [4.78, 5) is 0. The summed E-state index contributed by atoms with van der Waals surface area (Å²) in [7, 11) is -6.78. The lowest BCUT2D eigenvalue weighted by Gasteiger charge is -2.39. The van der Waals surface area contributed by atoms with Crippen LogP contribution in [0.4, 0.5) is 0 Å². The molecular weight excluding hydrogens is 534 g/mol. The van der Waals surface area contributed by atoms with Gasteiger partial charge in [0.2, 0.25) is 0 Å². The van der Waals surface area contributed by atoms with Crippen molar-refractivity contribution >= 4 is 24.9 Å². The Morgan fingerprint density at radius 3 is 1.18 bits per heavy atom. The molecule has 4 atom stereocenters. The van der Waals surface area contributed by atoms with Gasteiger partial charge in [-0.1, -0.05) is 126 Å². The predicted octanol–water partition coefficient (Wildman–Crippen LogP) is 8.73. The van der Waals surface area contributed by atoms with Gasteiger partial charge < -0.3 is 18.6 Å². The minimum absolute atomic E-state index is 0.591. The summed E-state index contributed by atoms with van der Waals surface area (Å²) in [6, 6.07) is 31.7. The van der Waals surface area contributed by atoms with Crippen molar-refractivity contribution in [2.24, 2.45) is 0 Å². The van der Waals surface area contributed by atoms with E-state index >= 15 is 9.13 Å². The fraction of sp³-hybridized carbons (Fsp3) is 0.294. The van der Waals surface area contributed by atoms with E-state index in [9.17, 15) is 0 Å². The smallest absolute Gasteiger partial charge is 0.199 e. The fourth-order valence-electron chi connectivity index (χ4n) is 6.19. The van der Waals surface area contributed by atoms with Gasteiger partial charge in [-0.2, -0.15) is 0 Å². The number of hydrogen-bond acceptors (Lipinski definition) is 4. The normalized spacial score (nSPS) is 25.6. The molecule has 0 radical (unpaired) electrons. The van der Waals surface area contributed by atoms with E-state index in [0.717, 1.165) is 32.9 Å². The van der Waals surface area contributed by atoms with E-state index in [2.05, 4.69) is 0 Å². The topological polar surface area (TPSA) is 52.6 Å². The molecule has 0 saturated carbocycles. The minimum Gasteiger partial charge on any atom is -0.477 e. The molecule has 2 heterocycles. The second-order valence-corrected chi connectivity index (χ2v) is 19.9. The monoisotopic (exact) mass is 570 g/mol. The molecule has 0 aromatic heterocycles. The van der Waals surface area contributed by atoms with Crippen molar-refractivity contribution in [2.75, 3.05) is 0 Å². The maximum atomic E-state index is 15.8. The molecule has 2 aliphatic rings. The lowest BCUT2D eigenvalue weighted by molar-refractivity contribution is 0.162. The molecule has 0 spiro atoms. The maximum Gasteiger partial charge on any atom is 0.199 e. The van der Waals surface area contributed by atoms with Crippen LogP contribution in [0.2, 0.25) is 0 Å². The Bertz CT molecular complexity index is 1550. The van der Waals surface area contributed by atoms with E-state index in [1.807, 2.05) is 139 Å². The minimum atomic E-state index is -3.39. The highest BCUT2D eigenvalue weighted by Gasteiger charge is 2.66. The Kier molecular flexibility index (Phi) is 6.26. The molecule has 4 nitrogen and oxygen atoms in total. The fourth-order valence-corrected chi connectivity index (χ4v) is 14.1. The van der Waals surface area contributed by atoms with E-state index in [1.165, 1.54) is 0 Å². The molecule has 6 heteroatoms. The molecule has 0 fully saturated rings. The van der Waals surface area contributed by atoms with E-state index in [1.54, 1.807) is 0 Å². The van der Waals surface area contributed by atoms with Gasteiger partial charge in [0.05, 0.1) is 10.6 Å². The second kappa shape index (κ2) is 9.23. The molecule has 2 aliphatic heterocycles. The Balaban J connectivity index is 1.59. The van der Waals surface area contributed by atoms with Crippen molar-refractivity contribution < 1.29 is 18.6 Å². The lowest BCUT2D eigenvalue weighted by atomic mass is 10.1. The first kappa shape index (κ1) is 27.1. The highest BCUT2D eigenvalue weighted by Crippen LogP contribution is 2.76. The van der Waals surface area contributed by atoms with Gasteiger partial charge in [0, 0.05) is 10.3 Å². The van der Waals surface area contributed by atoms with E-state index in [-0.39, 0.29) is 0 Å². The van der Waals surface area contributed by atoms with Crippen LogP contribution in [-0.4, -0.2) is 22.0 Å². The lowest BCUT2D eigenvalue weighted by Crippen LogP contribution is -2.41. The van der Waals surface area contributed by atoms with Crippen LogP contribution in [0.3, 0.4) is 0 Å². The highest BCUT2D eigenvalue weighted by atomic mass is 31.2. The van der Waals surface area contributed by atoms with Gasteiger partial charge in [0.1, 0.15) is 11.5 Å². The Labute approximate surface area is 237 Å². The van der Waals surface area contributed by atoms with Crippen molar-refractivity contribution in [1.29, 1.82) is 0 Å². The van der Waals surface area contributed by atoms with Gasteiger partial charge in [-0.3, -0.25) is 0 Å². The average molecular weight is 571 g/mol. The molecule has 206 valence electrons. The van der Waals surface area contributed by atoms with Gasteiger partial charge in [-0.15, -0.1) is 0 Å². The molecule has 0 bridgehead atoms. The van der Waals surface area contributed by atoms with Crippen LogP contribution in [0.5, 0.6) is 11.5 Å². The molecule has 40 heavy (non-hydrogen) atoms. The van der Waals surface area contributed by atoms with Crippen LogP contribution in [-0.2, 0) is 9.13 Å². The third kappa shape index (κ3) is 3.80. The molecule has 0 N–H and O–H groups in total. The molecule has 0 saturated heterocycles. The Hall–Kier alpha value is -3.06. The summed E-state index contributed by atoms with van der Waals surface area (Å²) >= 11 is 0. The van der Waals surface area contributed by atoms with Gasteiger partial charge in [0.25, 0.3) is 0 Å². The number of fused-ring (bicyclic) bond motifs is 2. The summed E-state index contributed by atoms with van der Waals surface area (Å²) in [5.41, 5.74) is 3.75. The molecule has 6 rings (SSSR count). The highest BCUT2D eigenvalue weighted by molar-refractivity contribution is 7.78. The number of ether oxygens (including phenoxy) is 2. The summed E-state index contributed by atoms with van der Waals surface area (Å²) in [6.07, 6.45) is 0. The largest absolute Gasteiger partial charge is 0.477 e. The van der Waals surface area contributed by atoms with Crippen molar-refractivity contribution in [3.05, 3.63) is 97.1 Å². The van der Waals surface area contributed by atoms with E-state index < -0.39 is 36.3 Å². The summed E-state index contributed by atoms with van der Waals surface area (Å²) < 4.78 is 44.9. The average Bonchev–Trinajstić information content (AvgIpc) is 3.42. The van der Waals surface area contributed by atoms with Crippen molar-refractivity contribution in [3.63, 3.8) is 0 Å². The third-order valence-electron chi connectivity index (χ3n) is 8.28. The molecule has 4 aromatic carbocycles. The van der Waals surface area contributed by atoms with Gasteiger partial charge in [0.15, 0.2) is 26.0 Å². The zero-order valence-corrected chi connectivity index (χ0v) is 25.7. The van der Waals surface area contributed by atoms with Crippen LogP contribution in [0.1, 0.15) is 41.5 Å². The van der Waals surface area contributed by atoms with Crippen LogP contribution in [0.25, 0.3) is 22.3 Å². The molecule has 4 aromatic rings. The SMILES string of the molecule is CC(C)(C)[P@@]1(=O)c2c(cccc2-c2ccccc2)OC1[C@H]1Oc2cccc(-c3ccccc3)c2[P@]1(=O)C(C)(C)C. The van der Waals surface area contributed by atoms with Gasteiger partial charge >= 0.3 is 0 Å². The van der Waals surface area contributed by atoms with Crippen molar-refractivity contribution in [2.45, 2.75) is 63.5 Å². The van der Waals surface area contributed by atoms with E-state index in [0.29, 0.717) is 11.5 Å². The molecular formula is C34H36O4P2. The van der Waals surface area contributed by atoms with Crippen LogP contribution < -0.4 is 20.1 Å². The van der Waals surface area contributed by atoms with Crippen molar-refractivity contribution in [3.8, 4) is 33.8 Å². The zero-order valence-electron chi connectivity index (χ0n) is 23.9. The van der Waals surface area contributed by atoms with Crippen LogP contribution >= 0.6 is 14.3 Å². The summed E-state index contributed by atoms with van der Waals surface area (Å²) in [6.45, 7) is 12.0. The Morgan fingerprint density at radius 1 is 0.500 bits per heavy atom. The number of benzene rings is 4. The first-order valence-corrected chi connectivity index (χ1v) is 17.4. The molecule has 0 amide bonds. The second-order valence-electron chi connectivity index (χ2n) is 12.7. The zero-order chi connectivity index (χ0) is 28.5. The number of rotatable bonds is 3. The standard InChI is InChI=1S/C34H36O4P2/c1-33(2,3)39(35)29-25(23-15-9-7-10-16-23)19-13-21-27(29)37-31(39)32-38-28-22-14-20-26(24-17-11-8-12-18-24)30(28)40(32,36)34(4,5)6/h7-22,31-32H,1-6H3/t31-,32?,39+,40+/m0/s1.